The Labute approximate surface area is 382 Å². The molecule has 2 N–H and O–H groups in total. The van der Waals surface area contributed by atoms with Crippen molar-refractivity contribution in [3.8, 4) is 34.1 Å². The number of hydrogen-bond acceptors (Lipinski definition) is 4. The van der Waals surface area contributed by atoms with E-state index in [1.54, 1.807) is 0 Å². The average molecular weight is 843 g/mol. The van der Waals surface area contributed by atoms with Crippen LogP contribution in [0.3, 0.4) is 0 Å². The molecule has 324 valence electrons. The molecule has 0 aromatic heterocycles. The highest BCUT2D eigenvalue weighted by Gasteiger charge is 2.41. The normalized spacial score (nSPS) is 17.8. The van der Waals surface area contributed by atoms with Gasteiger partial charge in [-0.1, -0.05) is 198 Å². The van der Waals surface area contributed by atoms with E-state index in [0.29, 0.717) is 18.2 Å². The van der Waals surface area contributed by atoms with Gasteiger partial charge in [0.2, 0.25) is 0 Å². The number of allylic oxidation sites excluding steroid dienone is 15. The summed E-state index contributed by atoms with van der Waals surface area (Å²) in [6, 6.07) is 39.3. The molecular formula is C60H62N2O2. The minimum Gasteiger partial charge on any atom is -0.449 e. The third-order valence-electron chi connectivity index (χ3n) is 12.1. The van der Waals surface area contributed by atoms with Gasteiger partial charge >= 0.3 is 0 Å². The van der Waals surface area contributed by atoms with Crippen LogP contribution >= 0.6 is 0 Å². The monoisotopic (exact) mass is 842 g/mol. The number of rotatable bonds is 6. The first-order valence-corrected chi connectivity index (χ1v) is 23.0. The number of ether oxygens (including phenoxy) is 2. The van der Waals surface area contributed by atoms with Gasteiger partial charge in [-0.25, -0.2) is 0 Å². The second kappa shape index (κ2) is 21.4. The van der Waals surface area contributed by atoms with Gasteiger partial charge in [-0.05, 0) is 96.7 Å². The van der Waals surface area contributed by atoms with Crippen molar-refractivity contribution in [1.29, 1.82) is 0 Å². The van der Waals surface area contributed by atoms with Crippen molar-refractivity contribution >= 4 is 17.0 Å². The van der Waals surface area contributed by atoms with Gasteiger partial charge in [0.15, 0.2) is 23.0 Å². The summed E-state index contributed by atoms with van der Waals surface area (Å²) in [5.41, 5.74) is 20.3. The molecule has 0 saturated heterocycles. The number of nitrogens with two attached hydrogens (primary N) is 1. The Morgan fingerprint density at radius 2 is 1.47 bits per heavy atom. The molecule has 4 aliphatic carbocycles. The van der Waals surface area contributed by atoms with Crippen LogP contribution in [0.4, 0.5) is 0 Å². The van der Waals surface area contributed by atoms with Crippen LogP contribution in [0.2, 0.25) is 0 Å². The van der Waals surface area contributed by atoms with Gasteiger partial charge in [0, 0.05) is 40.3 Å². The summed E-state index contributed by atoms with van der Waals surface area (Å²) in [5, 5.41) is 0. The third-order valence-corrected chi connectivity index (χ3v) is 12.1. The Balaban J connectivity index is 0.000000324. The molecule has 0 amide bonds. The first-order chi connectivity index (χ1) is 31.4. The number of benzene rings is 5. The lowest BCUT2D eigenvalue weighted by molar-refractivity contribution is 0.359. The number of hydrogen-bond donors (Lipinski definition) is 1. The van der Waals surface area contributed by atoms with Crippen LogP contribution in [0, 0.1) is 0 Å². The first-order valence-electron chi connectivity index (χ1n) is 23.0. The molecule has 4 nitrogen and oxygen atoms in total. The van der Waals surface area contributed by atoms with Gasteiger partial charge in [0.1, 0.15) is 0 Å². The summed E-state index contributed by atoms with van der Waals surface area (Å²) in [7, 11) is 0. The highest BCUT2D eigenvalue weighted by Crippen LogP contribution is 2.59. The van der Waals surface area contributed by atoms with E-state index >= 15 is 0 Å². The lowest BCUT2D eigenvalue weighted by Crippen LogP contribution is -2.16. The summed E-state index contributed by atoms with van der Waals surface area (Å²) in [6.45, 7) is 13.4. The summed E-state index contributed by atoms with van der Waals surface area (Å²) in [6.07, 6.45) is 30.1. The fourth-order valence-corrected chi connectivity index (χ4v) is 8.81. The van der Waals surface area contributed by atoms with Gasteiger partial charge in [-0.3, -0.25) is 4.99 Å². The van der Waals surface area contributed by atoms with E-state index in [0.717, 1.165) is 76.6 Å². The van der Waals surface area contributed by atoms with Crippen LogP contribution in [0.25, 0.3) is 22.4 Å². The molecule has 5 aromatic carbocycles. The zero-order chi connectivity index (χ0) is 44.9. The van der Waals surface area contributed by atoms with E-state index in [4.69, 9.17) is 20.2 Å². The van der Waals surface area contributed by atoms with Crippen molar-refractivity contribution in [2.45, 2.75) is 78.6 Å². The zero-order valence-corrected chi connectivity index (χ0v) is 38.4. The molecule has 0 bridgehead atoms. The molecule has 1 atom stereocenters. The molecule has 5 aromatic rings. The molecule has 1 aliphatic heterocycles. The van der Waals surface area contributed by atoms with Crippen molar-refractivity contribution < 1.29 is 9.47 Å². The maximum atomic E-state index is 6.76. The van der Waals surface area contributed by atoms with Crippen molar-refractivity contribution in [1.82, 2.24) is 0 Å². The second-order valence-corrected chi connectivity index (χ2v) is 16.4. The first kappa shape index (κ1) is 45.1. The smallest absolute Gasteiger partial charge is 0.177 e. The van der Waals surface area contributed by atoms with Gasteiger partial charge in [-0.2, -0.15) is 0 Å². The minimum absolute atomic E-state index is 0.0585. The number of nitrogens with zero attached hydrogens (tertiary/aromatic N) is 1. The molecule has 4 heteroatoms. The Bertz CT molecular complexity index is 2670. The maximum absolute atomic E-state index is 6.76. The molecule has 0 spiro atoms. The van der Waals surface area contributed by atoms with Gasteiger partial charge < -0.3 is 15.2 Å². The van der Waals surface area contributed by atoms with E-state index < -0.39 is 0 Å². The van der Waals surface area contributed by atoms with E-state index in [-0.39, 0.29) is 5.41 Å². The summed E-state index contributed by atoms with van der Waals surface area (Å²) < 4.78 is 13.4. The van der Waals surface area contributed by atoms with Gasteiger partial charge in [-0.15, -0.1) is 0 Å². The second-order valence-electron chi connectivity index (χ2n) is 16.4. The predicted octanol–water partition coefficient (Wildman–Crippen LogP) is 16.2. The number of aliphatic imine (C=N–C) groups is 1. The SMILES string of the molecule is C/C=C1/C=CC=CC1.CC.CCN=C(/C=C(\N)c1ccc(-c2cccc3c2Oc2ccc4c(c2O3)C2=C(C=CCC2)C4(C)C)cc1)c1ccccc1C1C=CC=CC1.c1ccccc1. The van der Waals surface area contributed by atoms with Gasteiger partial charge in [0.25, 0.3) is 0 Å². The highest BCUT2D eigenvalue weighted by molar-refractivity contribution is 6.13. The molecular weight excluding hydrogens is 781 g/mol. The standard InChI is InChI=1S/C44H40N2O2.C8H10.C6H6.C2H6/c1-4-46-38(33-16-9-8-15-31(33)28-13-6-5-7-14-28)27-37(45)30-23-21-29(22-24-30)32-18-12-20-39-42(32)47-40-26-25-36-41(43(40)48-39)34-17-10-11-19-35(34)44(36,2)3;1-2-8-6-4-3-5-7-8;1-2-4-6-5-3-1;1-2/h5-9,11-13,15-16,18-28H,4,10,14,17,45H2,1-3H3;2-6H,7H2,1H3;1-6H;1-2H3/b37-27-,46-38?;8-2-;;. The molecule has 64 heavy (non-hydrogen) atoms. The van der Waals surface area contributed by atoms with Crippen molar-refractivity contribution in [3.63, 3.8) is 0 Å². The molecule has 1 heterocycles. The molecule has 10 rings (SSSR count). The fraction of sp³-hybridized carbons (Fsp3) is 0.217. The van der Waals surface area contributed by atoms with E-state index in [2.05, 4.69) is 161 Å². The van der Waals surface area contributed by atoms with Crippen LogP contribution in [0.1, 0.15) is 101 Å². The van der Waals surface area contributed by atoms with Gasteiger partial charge in [0.05, 0.1) is 5.71 Å². The zero-order valence-electron chi connectivity index (χ0n) is 38.4. The Morgan fingerprint density at radius 1 is 0.750 bits per heavy atom. The Hall–Kier alpha value is -6.91. The van der Waals surface area contributed by atoms with Crippen LogP contribution in [0.15, 0.2) is 204 Å². The molecule has 0 fully saturated rings. The third kappa shape index (κ3) is 9.98. The average Bonchev–Trinajstić information content (AvgIpc) is 3.61. The van der Waals surface area contributed by atoms with Crippen LogP contribution < -0.4 is 15.2 Å². The largest absolute Gasteiger partial charge is 0.449 e. The predicted molar refractivity (Wildman–Crippen MR) is 273 cm³/mol. The quantitative estimate of drug-likeness (QED) is 0.170. The number of para-hydroxylation sites is 1. The summed E-state index contributed by atoms with van der Waals surface area (Å²) in [5.74, 6) is 3.39. The lowest BCUT2D eigenvalue weighted by Gasteiger charge is -2.27. The fourth-order valence-electron chi connectivity index (χ4n) is 8.81. The van der Waals surface area contributed by atoms with E-state index in [1.165, 1.54) is 33.4 Å². The van der Waals surface area contributed by atoms with Crippen molar-refractivity contribution in [2.75, 3.05) is 6.54 Å². The summed E-state index contributed by atoms with van der Waals surface area (Å²) >= 11 is 0. The van der Waals surface area contributed by atoms with E-state index in [9.17, 15) is 0 Å². The van der Waals surface area contributed by atoms with Crippen LogP contribution in [-0.2, 0) is 5.41 Å². The highest BCUT2D eigenvalue weighted by atomic mass is 16.6. The molecule has 0 radical (unpaired) electrons. The molecule has 0 saturated carbocycles. The van der Waals surface area contributed by atoms with Crippen LogP contribution in [0.5, 0.6) is 23.0 Å². The van der Waals surface area contributed by atoms with Crippen LogP contribution in [-0.4, -0.2) is 12.3 Å². The Kier molecular flexibility index (Phi) is 15.1. The van der Waals surface area contributed by atoms with Crippen molar-refractivity contribution in [3.05, 3.63) is 227 Å². The summed E-state index contributed by atoms with van der Waals surface area (Å²) in [4.78, 5) is 4.88. The lowest BCUT2D eigenvalue weighted by atomic mass is 9.80. The topological polar surface area (TPSA) is 56.8 Å². The number of fused-ring (bicyclic) bond motifs is 5. The Morgan fingerprint density at radius 3 is 2.14 bits per heavy atom. The molecule has 5 aliphatic rings. The molecule has 1 unspecified atom stereocenters. The maximum Gasteiger partial charge on any atom is 0.177 e. The van der Waals surface area contributed by atoms with E-state index in [1.807, 2.05) is 68.5 Å². The minimum atomic E-state index is -0.0585. The van der Waals surface area contributed by atoms with Crippen molar-refractivity contribution in [2.24, 2.45) is 10.7 Å².